The first kappa shape index (κ1) is 16.0. The van der Waals surface area contributed by atoms with Crippen molar-refractivity contribution in [2.45, 2.75) is 25.9 Å². The van der Waals surface area contributed by atoms with Crippen LogP contribution in [0.1, 0.15) is 24.1 Å². The molecule has 0 radical (unpaired) electrons. The van der Waals surface area contributed by atoms with E-state index in [0.717, 1.165) is 5.56 Å². The van der Waals surface area contributed by atoms with Crippen LogP contribution >= 0.6 is 11.6 Å². The molecule has 8 heteroatoms. The fraction of sp³-hybridized carbons (Fsp3) is 0.286. The quantitative estimate of drug-likeness (QED) is 0.838. The van der Waals surface area contributed by atoms with E-state index in [4.69, 9.17) is 16.7 Å². The van der Waals surface area contributed by atoms with Crippen molar-refractivity contribution < 1.29 is 14.7 Å². The minimum atomic E-state index is -1.00. The number of carbonyl (C=O) groups excluding carboxylic acids is 1. The van der Waals surface area contributed by atoms with Crippen molar-refractivity contribution in [3.05, 3.63) is 46.7 Å². The van der Waals surface area contributed by atoms with Crippen molar-refractivity contribution in [2.24, 2.45) is 0 Å². The SMILES string of the molecule is CC(C(=O)NCc1cn(CC(=O)O)nn1)c1cccc(Cl)c1. The molecular weight excluding hydrogens is 308 g/mol. The number of halogens is 1. The van der Waals surface area contributed by atoms with Crippen LogP contribution in [0.2, 0.25) is 5.02 Å². The molecule has 0 fully saturated rings. The molecule has 1 aromatic heterocycles. The molecule has 116 valence electrons. The van der Waals surface area contributed by atoms with Crippen LogP contribution in [0.5, 0.6) is 0 Å². The number of hydrogen-bond donors (Lipinski definition) is 2. The highest BCUT2D eigenvalue weighted by Gasteiger charge is 2.15. The van der Waals surface area contributed by atoms with Crippen LogP contribution in [-0.2, 0) is 22.7 Å². The van der Waals surface area contributed by atoms with E-state index in [1.807, 2.05) is 6.07 Å². The third-order valence-electron chi connectivity index (χ3n) is 3.07. The zero-order chi connectivity index (χ0) is 16.1. The minimum Gasteiger partial charge on any atom is -0.480 e. The van der Waals surface area contributed by atoms with Crippen LogP contribution in [0.4, 0.5) is 0 Å². The van der Waals surface area contributed by atoms with Gasteiger partial charge in [0.1, 0.15) is 12.2 Å². The van der Waals surface area contributed by atoms with E-state index in [-0.39, 0.29) is 24.9 Å². The van der Waals surface area contributed by atoms with Crippen molar-refractivity contribution in [2.75, 3.05) is 0 Å². The number of hydrogen-bond acceptors (Lipinski definition) is 4. The molecule has 0 aliphatic rings. The second kappa shape index (κ2) is 7.04. The van der Waals surface area contributed by atoms with Gasteiger partial charge in [-0.25, -0.2) is 4.68 Å². The van der Waals surface area contributed by atoms with Gasteiger partial charge >= 0.3 is 5.97 Å². The number of aliphatic carboxylic acids is 1. The van der Waals surface area contributed by atoms with Gasteiger partial charge in [0.15, 0.2) is 0 Å². The summed E-state index contributed by atoms with van der Waals surface area (Å²) in [6.45, 7) is 1.70. The molecule has 22 heavy (non-hydrogen) atoms. The second-order valence-corrected chi connectivity index (χ2v) is 5.23. The summed E-state index contributed by atoms with van der Waals surface area (Å²) in [4.78, 5) is 22.7. The van der Waals surface area contributed by atoms with E-state index in [0.29, 0.717) is 10.7 Å². The molecule has 0 aliphatic heterocycles. The molecule has 1 unspecified atom stereocenters. The molecule has 0 saturated heterocycles. The van der Waals surface area contributed by atoms with E-state index in [1.54, 1.807) is 25.1 Å². The molecular formula is C14H15ClN4O3. The van der Waals surface area contributed by atoms with Crippen LogP contribution in [-0.4, -0.2) is 32.0 Å². The fourth-order valence-corrected chi connectivity index (χ4v) is 2.09. The third kappa shape index (κ3) is 4.29. The third-order valence-corrected chi connectivity index (χ3v) is 3.30. The Bertz CT molecular complexity index is 686. The molecule has 0 bridgehead atoms. The summed E-state index contributed by atoms with van der Waals surface area (Å²) >= 11 is 5.91. The average molecular weight is 323 g/mol. The Morgan fingerprint density at radius 2 is 2.23 bits per heavy atom. The highest BCUT2D eigenvalue weighted by Crippen LogP contribution is 2.19. The Hall–Kier alpha value is -2.41. The topological polar surface area (TPSA) is 97.1 Å². The van der Waals surface area contributed by atoms with Crippen LogP contribution < -0.4 is 5.32 Å². The Balaban J connectivity index is 1.92. The Morgan fingerprint density at radius 3 is 2.91 bits per heavy atom. The largest absolute Gasteiger partial charge is 0.480 e. The van der Waals surface area contributed by atoms with Gasteiger partial charge in [0.25, 0.3) is 0 Å². The van der Waals surface area contributed by atoms with Gasteiger partial charge < -0.3 is 10.4 Å². The molecule has 0 spiro atoms. The molecule has 1 amide bonds. The molecule has 7 nitrogen and oxygen atoms in total. The predicted octanol–water partition coefficient (Wildman–Crippen LogP) is 1.44. The van der Waals surface area contributed by atoms with E-state index < -0.39 is 5.97 Å². The summed E-state index contributed by atoms with van der Waals surface area (Å²) in [6, 6.07) is 7.11. The Labute approximate surface area is 131 Å². The summed E-state index contributed by atoms with van der Waals surface area (Å²) in [5, 5.41) is 19.4. The number of nitrogens with zero attached hydrogens (tertiary/aromatic N) is 3. The smallest absolute Gasteiger partial charge is 0.325 e. The fourth-order valence-electron chi connectivity index (χ4n) is 1.89. The van der Waals surface area contributed by atoms with Crippen LogP contribution in [0.15, 0.2) is 30.5 Å². The molecule has 2 N–H and O–H groups in total. The number of carboxylic acid groups (broad SMARTS) is 1. The molecule has 2 aromatic rings. The lowest BCUT2D eigenvalue weighted by atomic mass is 10.0. The Kier molecular flexibility index (Phi) is 5.11. The summed E-state index contributed by atoms with van der Waals surface area (Å²) in [7, 11) is 0. The maximum Gasteiger partial charge on any atom is 0.325 e. The normalized spacial score (nSPS) is 11.9. The van der Waals surface area contributed by atoms with Gasteiger partial charge in [0.05, 0.1) is 18.7 Å². The van der Waals surface area contributed by atoms with E-state index in [9.17, 15) is 9.59 Å². The van der Waals surface area contributed by atoms with Crippen molar-refractivity contribution in [1.29, 1.82) is 0 Å². The van der Waals surface area contributed by atoms with Gasteiger partial charge in [0, 0.05) is 5.02 Å². The number of rotatable bonds is 6. The van der Waals surface area contributed by atoms with Crippen molar-refractivity contribution >= 4 is 23.5 Å². The first-order chi connectivity index (χ1) is 10.5. The average Bonchev–Trinajstić information content (AvgIpc) is 2.90. The lowest BCUT2D eigenvalue weighted by Gasteiger charge is -2.12. The summed E-state index contributed by atoms with van der Waals surface area (Å²) in [6.07, 6.45) is 1.48. The monoisotopic (exact) mass is 322 g/mol. The predicted molar refractivity (Wildman–Crippen MR) is 79.4 cm³/mol. The zero-order valence-corrected chi connectivity index (χ0v) is 12.6. The van der Waals surface area contributed by atoms with Gasteiger partial charge in [-0.15, -0.1) is 5.10 Å². The summed E-state index contributed by atoms with van der Waals surface area (Å²) in [5.41, 5.74) is 1.31. The molecule has 0 aliphatic carbocycles. The molecule has 0 saturated carbocycles. The number of carbonyl (C=O) groups is 2. The van der Waals surface area contributed by atoms with E-state index in [2.05, 4.69) is 15.6 Å². The van der Waals surface area contributed by atoms with Crippen molar-refractivity contribution in [3.8, 4) is 0 Å². The number of benzene rings is 1. The number of aromatic nitrogens is 3. The number of nitrogens with one attached hydrogen (secondary N) is 1. The molecule has 1 atom stereocenters. The number of amides is 1. The van der Waals surface area contributed by atoms with Crippen molar-refractivity contribution in [1.82, 2.24) is 20.3 Å². The lowest BCUT2D eigenvalue weighted by molar-refractivity contribution is -0.138. The summed E-state index contributed by atoms with van der Waals surface area (Å²) in [5.74, 6) is -1.53. The van der Waals surface area contributed by atoms with E-state index >= 15 is 0 Å². The van der Waals surface area contributed by atoms with Gasteiger partial charge in [-0.1, -0.05) is 28.9 Å². The first-order valence-corrected chi connectivity index (χ1v) is 6.97. The first-order valence-electron chi connectivity index (χ1n) is 6.59. The van der Waals surface area contributed by atoms with Gasteiger partial charge in [-0.05, 0) is 24.6 Å². The van der Waals surface area contributed by atoms with Gasteiger partial charge in [-0.2, -0.15) is 0 Å². The van der Waals surface area contributed by atoms with Crippen LogP contribution in [0.25, 0.3) is 0 Å². The number of carboxylic acids is 1. The van der Waals surface area contributed by atoms with Crippen LogP contribution in [0.3, 0.4) is 0 Å². The van der Waals surface area contributed by atoms with E-state index in [1.165, 1.54) is 10.9 Å². The standard InChI is InChI=1S/C14H15ClN4O3/c1-9(10-3-2-4-11(15)5-10)14(22)16-6-12-7-19(18-17-12)8-13(20)21/h2-5,7,9H,6,8H2,1H3,(H,16,22)(H,20,21). The highest BCUT2D eigenvalue weighted by molar-refractivity contribution is 6.30. The van der Waals surface area contributed by atoms with Crippen LogP contribution in [0, 0.1) is 0 Å². The van der Waals surface area contributed by atoms with Gasteiger partial charge in [-0.3, -0.25) is 9.59 Å². The zero-order valence-electron chi connectivity index (χ0n) is 11.9. The minimum absolute atomic E-state index is 0.171. The molecule has 2 rings (SSSR count). The summed E-state index contributed by atoms with van der Waals surface area (Å²) < 4.78 is 1.20. The maximum absolute atomic E-state index is 12.1. The van der Waals surface area contributed by atoms with Gasteiger partial charge in [0.2, 0.25) is 5.91 Å². The maximum atomic E-state index is 12.1. The second-order valence-electron chi connectivity index (χ2n) is 4.80. The Morgan fingerprint density at radius 1 is 1.45 bits per heavy atom. The molecule has 1 aromatic carbocycles. The molecule has 1 heterocycles. The highest BCUT2D eigenvalue weighted by atomic mass is 35.5. The van der Waals surface area contributed by atoms with Crippen molar-refractivity contribution in [3.63, 3.8) is 0 Å². The lowest BCUT2D eigenvalue weighted by Crippen LogP contribution is -2.27.